The van der Waals surface area contributed by atoms with Crippen molar-refractivity contribution in [2.75, 3.05) is 0 Å². The molecular formula is C15H15BrClFN2. The van der Waals surface area contributed by atoms with E-state index in [1.165, 1.54) is 12.1 Å². The summed E-state index contributed by atoms with van der Waals surface area (Å²) >= 11 is 9.75. The van der Waals surface area contributed by atoms with Crippen LogP contribution in [0.4, 0.5) is 4.39 Å². The summed E-state index contributed by atoms with van der Waals surface area (Å²) in [4.78, 5) is 0. The molecule has 5 heteroatoms. The van der Waals surface area contributed by atoms with Crippen LogP contribution in [0, 0.1) is 12.7 Å². The molecule has 0 aromatic heterocycles. The van der Waals surface area contributed by atoms with Crippen LogP contribution >= 0.6 is 27.5 Å². The molecule has 0 heterocycles. The Balaban J connectivity index is 2.34. The van der Waals surface area contributed by atoms with E-state index in [1.807, 2.05) is 25.1 Å². The Bertz CT molecular complexity index is 619. The highest BCUT2D eigenvalue weighted by Gasteiger charge is 2.16. The quantitative estimate of drug-likeness (QED) is 0.632. The van der Waals surface area contributed by atoms with Gasteiger partial charge >= 0.3 is 0 Å². The maximum atomic E-state index is 13.3. The van der Waals surface area contributed by atoms with E-state index in [-0.39, 0.29) is 11.9 Å². The Kier molecular flexibility index (Phi) is 5.16. The van der Waals surface area contributed by atoms with Gasteiger partial charge in [0.25, 0.3) is 0 Å². The van der Waals surface area contributed by atoms with Crippen LogP contribution in [-0.2, 0) is 6.42 Å². The molecule has 0 saturated carbocycles. The van der Waals surface area contributed by atoms with Crippen molar-refractivity contribution in [3.05, 3.63) is 68.4 Å². The molecule has 0 aliphatic rings. The lowest BCUT2D eigenvalue weighted by atomic mass is 9.98. The first-order chi connectivity index (χ1) is 9.52. The molecule has 0 amide bonds. The molecule has 0 aliphatic carbocycles. The monoisotopic (exact) mass is 356 g/mol. The van der Waals surface area contributed by atoms with Gasteiger partial charge in [-0.3, -0.25) is 11.3 Å². The van der Waals surface area contributed by atoms with Gasteiger partial charge in [-0.1, -0.05) is 45.7 Å². The van der Waals surface area contributed by atoms with E-state index >= 15 is 0 Å². The number of hydrogen-bond donors (Lipinski definition) is 2. The number of rotatable bonds is 4. The second-order valence-corrected chi connectivity index (χ2v) is 5.87. The van der Waals surface area contributed by atoms with Gasteiger partial charge in [0.05, 0.1) is 6.04 Å². The number of nitrogens with two attached hydrogens (primary N) is 1. The van der Waals surface area contributed by atoms with Gasteiger partial charge in [0, 0.05) is 9.50 Å². The summed E-state index contributed by atoms with van der Waals surface area (Å²) in [5.74, 6) is 5.37. The highest BCUT2D eigenvalue weighted by molar-refractivity contribution is 9.10. The lowest BCUT2D eigenvalue weighted by Gasteiger charge is -2.19. The van der Waals surface area contributed by atoms with Crippen LogP contribution < -0.4 is 11.3 Å². The molecule has 0 saturated heterocycles. The van der Waals surface area contributed by atoms with Gasteiger partial charge in [-0.25, -0.2) is 4.39 Å². The van der Waals surface area contributed by atoms with Crippen molar-refractivity contribution in [3.8, 4) is 0 Å². The fourth-order valence-corrected chi connectivity index (χ4v) is 2.78. The van der Waals surface area contributed by atoms with E-state index in [2.05, 4.69) is 21.4 Å². The third-order valence-corrected chi connectivity index (χ3v) is 4.52. The van der Waals surface area contributed by atoms with Crippen molar-refractivity contribution in [1.82, 2.24) is 5.43 Å². The maximum absolute atomic E-state index is 13.3. The topological polar surface area (TPSA) is 38.0 Å². The van der Waals surface area contributed by atoms with Gasteiger partial charge in [0.15, 0.2) is 0 Å². The Morgan fingerprint density at radius 1 is 1.35 bits per heavy atom. The Labute approximate surface area is 131 Å². The summed E-state index contributed by atoms with van der Waals surface area (Å²) in [6.07, 6.45) is 0.540. The van der Waals surface area contributed by atoms with Crippen molar-refractivity contribution in [3.63, 3.8) is 0 Å². The number of hydrogen-bond acceptors (Lipinski definition) is 2. The largest absolute Gasteiger partial charge is 0.271 e. The molecule has 1 unspecified atom stereocenters. The highest BCUT2D eigenvalue weighted by Crippen LogP contribution is 2.30. The normalized spacial score (nSPS) is 12.4. The van der Waals surface area contributed by atoms with Gasteiger partial charge in [0.2, 0.25) is 0 Å². The van der Waals surface area contributed by atoms with E-state index < -0.39 is 0 Å². The van der Waals surface area contributed by atoms with Crippen LogP contribution in [-0.4, -0.2) is 0 Å². The van der Waals surface area contributed by atoms with Gasteiger partial charge in [-0.15, -0.1) is 0 Å². The summed E-state index contributed by atoms with van der Waals surface area (Å²) < 4.78 is 14.2. The van der Waals surface area contributed by atoms with Crippen molar-refractivity contribution in [2.45, 2.75) is 19.4 Å². The summed E-state index contributed by atoms with van der Waals surface area (Å²) in [6.45, 7) is 1.94. The number of aryl methyl sites for hydroxylation is 1. The Hall–Kier alpha value is -0.940. The molecule has 2 rings (SSSR count). The predicted octanol–water partition coefficient (Wildman–Crippen LogP) is 4.30. The number of nitrogens with one attached hydrogen (secondary N) is 1. The molecule has 2 aromatic rings. The molecule has 0 fully saturated rings. The molecule has 2 nitrogen and oxygen atoms in total. The third kappa shape index (κ3) is 3.38. The first kappa shape index (κ1) is 15.4. The molecular weight excluding hydrogens is 343 g/mol. The van der Waals surface area contributed by atoms with Crippen molar-refractivity contribution in [2.24, 2.45) is 5.84 Å². The lowest BCUT2D eigenvalue weighted by molar-refractivity contribution is 0.547. The Morgan fingerprint density at radius 3 is 2.80 bits per heavy atom. The first-order valence-corrected chi connectivity index (χ1v) is 7.35. The zero-order chi connectivity index (χ0) is 14.7. The number of halogens is 3. The van der Waals surface area contributed by atoms with E-state index in [4.69, 9.17) is 17.4 Å². The molecule has 0 aliphatic heterocycles. The van der Waals surface area contributed by atoms with Crippen LogP contribution in [0.3, 0.4) is 0 Å². The molecule has 1 atom stereocenters. The summed E-state index contributed by atoms with van der Waals surface area (Å²) in [5, 5.41) is 0.683. The van der Waals surface area contributed by atoms with Gasteiger partial charge in [0.1, 0.15) is 5.82 Å². The zero-order valence-electron chi connectivity index (χ0n) is 11.0. The molecule has 20 heavy (non-hydrogen) atoms. The second-order valence-electron chi connectivity index (χ2n) is 4.64. The van der Waals surface area contributed by atoms with Gasteiger partial charge in [-0.05, 0) is 48.2 Å². The van der Waals surface area contributed by atoms with Crippen LogP contribution in [0.2, 0.25) is 5.02 Å². The van der Waals surface area contributed by atoms with Crippen LogP contribution in [0.15, 0.2) is 40.9 Å². The molecule has 106 valence electrons. The molecule has 0 spiro atoms. The number of benzene rings is 2. The van der Waals surface area contributed by atoms with Crippen molar-refractivity contribution >= 4 is 27.5 Å². The molecule has 2 aromatic carbocycles. The Morgan fingerprint density at radius 2 is 2.10 bits per heavy atom. The van der Waals surface area contributed by atoms with Gasteiger partial charge < -0.3 is 0 Å². The highest BCUT2D eigenvalue weighted by atomic mass is 79.9. The van der Waals surface area contributed by atoms with Crippen LogP contribution in [0.5, 0.6) is 0 Å². The minimum atomic E-state index is -0.269. The van der Waals surface area contributed by atoms with Crippen molar-refractivity contribution < 1.29 is 4.39 Å². The van der Waals surface area contributed by atoms with E-state index in [0.29, 0.717) is 11.4 Å². The standard InChI is InChI=1S/C15H15BrClFN2/c1-9-3-2-4-12(15(9)17)14(20-19)8-10-7-11(18)5-6-13(10)16/h2-7,14,20H,8,19H2,1H3. The third-order valence-electron chi connectivity index (χ3n) is 3.23. The van der Waals surface area contributed by atoms with E-state index in [1.54, 1.807) is 6.07 Å². The first-order valence-electron chi connectivity index (χ1n) is 6.18. The lowest BCUT2D eigenvalue weighted by Crippen LogP contribution is -2.30. The summed E-state index contributed by atoms with van der Waals surface area (Å²) in [6, 6.07) is 10.2. The summed E-state index contributed by atoms with van der Waals surface area (Å²) in [5.41, 5.74) is 5.49. The minimum Gasteiger partial charge on any atom is -0.271 e. The second kappa shape index (κ2) is 6.68. The average molecular weight is 358 g/mol. The minimum absolute atomic E-state index is 0.180. The fourth-order valence-electron chi connectivity index (χ4n) is 2.12. The summed E-state index contributed by atoms with van der Waals surface area (Å²) in [7, 11) is 0. The van der Waals surface area contributed by atoms with Crippen LogP contribution in [0.25, 0.3) is 0 Å². The average Bonchev–Trinajstić information content (AvgIpc) is 2.43. The number of hydrazine groups is 1. The smallest absolute Gasteiger partial charge is 0.123 e. The van der Waals surface area contributed by atoms with Crippen LogP contribution in [0.1, 0.15) is 22.7 Å². The van der Waals surface area contributed by atoms with E-state index in [0.717, 1.165) is 21.2 Å². The van der Waals surface area contributed by atoms with Crippen molar-refractivity contribution in [1.29, 1.82) is 0 Å². The molecule has 3 N–H and O–H groups in total. The predicted molar refractivity (Wildman–Crippen MR) is 84.1 cm³/mol. The molecule has 0 radical (unpaired) electrons. The fraction of sp³-hybridized carbons (Fsp3) is 0.200. The zero-order valence-corrected chi connectivity index (χ0v) is 13.3. The maximum Gasteiger partial charge on any atom is 0.123 e. The molecule has 0 bridgehead atoms. The SMILES string of the molecule is Cc1cccc(C(Cc2cc(F)ccc2Br)NN)c1Cl. The van der Waals surface area contributed by atoms with Gasteiger partial charge in [-0.2, -0.15) is 0 Å². The van der Waals surface area contributed by atoms with E-state index in [9.17, 15) is 4.39 Å².